The maximum absolute atomic E-state index is 10.5. The Morgan fingerprint density at radius 1 is 1.22 bits per heavy atom. The van der Waals surface area contributed by atoms with Crippen molar-refractivity contribution >= 4 is 5.82 Å². The number of hydrogen-bond acceptors (Lipinski definition) is 6. The van der Waals surface area contributed by atoms with Gasteiger partial charge < -0.3 is 20.3 Å². The molecule has 142 valence electrons. The molecule has 2 saturated carbocycles. The van der Waals surface area contributed by atoms with Crippen molar-refractivity contribution in [3.8, 4) is 17.0 Å². The lowest BCUT2D eigenvalue weighted by Crippen LogP contribution is -2.32. The van der Waals surface area contributed by atoms with E-state index in [9.17, 15) is 10.2 Å². The first kappa shape index (κ1) is 17.0. The van der Waals surface area contributed by atoms with Crippen LogP contribution in [0.5, 0.6) is 5.75 Å². The summed E-state index contributed by atoms with van der Waals surface area (Å²) in [5.74, 6) is 0.971. The van der Waals surface area contributed by atoms with E-state index in [1.807, 2.05) is 19.1 Å². The highest BCUT2D eigenvalue weighted by molar-refractivity contribution is 5.74. The lowest BCUT2D eigenvalue weighted by Gasteiger charge is -2.30. The van der Waals surface area contributed by atoms with Crippen LogP contribution >= 0.6 is 0 Å². The maximum Gasteiger partial charge on any atom is 0.155 e. The molecule has 1 aromatic carbocycles. The summed E-state index contributed by atoms with van der Waals surface area (Å²) >= 11 is 0. The fourth-order valence-corrected chi connectivity index (χ4v) is 4.58. The molecule has 2 heterocycles. The van der Waals surface area contributed by atoms with E-state index < -0.39 is 0 Å². The van der Waals surface area contributed by atoms with Gasteiger partial charge in [0.05, 0.1) is 24.4 Å². The molecule has 6 nitrogen and oxygen atoms in total. The second kappa shape index (κ2) is 6.17. The van der Waals surface area contributed by atoms with Crippen molar-refractivity contribution in [1.29, 1.82) is 0 Å². The minimum Gasteiger partial charge on any atom is -0.507 e. The molecule has 0 amide bonds. The van der Waals surface area contributed by atoms with E-state index >= 15 is 0 Å². The van der Waals surface area contributed by atoms with Crippen molar-refractivity contribution < 1.29 is 14.9 Å². The third-order valence-electron chi connectivity index (χ3n) is 6.17. The van der Waals surface area contributed by atoms with Crippen LogP contribution in [-0.2, 0) is 16.8 Å². The van der Waals surface area contributed by atoms with Gasteiger partial charge in [-0.25, -0.2) is 0 Å². The van der Waals surface area contributed by atoms with Gasteiger partial charge in [-0.2, -0.15) is 0 Å². The van der Waals surface area contributed by atoms with Gasteiger partial charge in [0.25, 0.3) is 0 Å². The van der Waals surface area contributed by atoms with Crippen LogP contribution in [0.2, 0.25) is 0 Å². The van der Waals surface area contributed by atoms with Crippen molar-refractivity contribution in [2.75, 3.05) is 11.9 Å². The van der Waals surface area contributed by atoms with Gasteiger partial charge in [0.15, 0.2) is 5.82 Å². The number of benzene rings is 1. The van der Waals surface area contributed by atoms with Gasteiger partial charge in [0, 0.05) is 11.1 Å². The van der Waals surface area contributed by atoms with Gasteiger partial charge in [-0.05, 0) is 68.7 Å². The predicted octanol–water partition coefficient (Wildman–Crippen LogP) is 3.04. The second-order valence-electron chi connectivity index (χ2n) is 8.11. The van der Waals surface area contributed by atoms with Crippen molar-refractivity contribution in [3.63, 3.8) is 0 Å². The minimum absolute atomic E-state index is 0.0137. The summed E-state index contributed by atoms with van der Waals surface area (Å²) in [6.07, 6.45) is 5.14. The molecular weight excluding hydrogens is 342 g/mol. The van der Waals surface area contributed by atoms with Crippen LogP contribution < -0.4 is 5.32 Å². The number of nitrogens with one attached hydrogen (secondary N) is 1. The van der Waals surface area contributed by atoms with Crippen molar-refractivity contribution in [1.82, 2.24) is 10.2 Å². The lowest BCUT2D eigenvalue weighted by atomic mass is 9.91. The number of hydrogen-bond donors (Lipinski definition) is 3. The van der Waals surface area contributed by atoms with E-state index in [2.05, 4.69) is 15.5 Å². The molecule has 1 spiro atoms. The molecule has 2 aromatic rings. The normalized spacial score (nSPS) is 25.4. The number of phenolic OH excluding ortho intramolecular Hbond substituents is 1. The fourth-order valence-electron chi connectivity index (χ4n) is 4.58. The molecule has 2 fully saturated rings. The molecule has 3 N–H and O–H groups in total. The molecule has 27 heavy (non-hydrogen) atoms. The number of anilines is 1. The Hall–Kier alpha value is -2.18. The number of fused-ring (bicyclic) bond motifs is 2. The Labute approximate surface area is 158 Å². The third-order valence-corrected chi connectivity index (χ3v) is 6.17. The summed E-state index contributed by atoms with van der Waals surface area (Å²) in [4.78, 5) is 0. The number of nitrogens with zero attached hydrogens (tertiary/aromatic N) is 2. The van der Waals surface area contributed by atoms with Gasteiger partial charge >= 0.3 is 0 Å². The molecule has 0 saturated heterocycles. The van der Waals surface area contributed by atoms with E-state index in [-0.39, 0.29) is 23.5 Å². The molecule has 0 unspecified atom stereocenters. The smallest absolute Gasteiger partial charge is 0.155 e. The predicted molar refractivity (Wildman–Crippen MR) is 102 cm³/mol. The first-order chi connectivity index (χ1) is 13.1. The van der Waals surface area contributed by atoms with E-state index in [0.29, 0.717) is 6.61 Å². The molecule has 0 radical (unpaired) electrons. The summed E-state index contributed by atoms with van der Waals surface area (Å²) in [5.41, 5.74) is 4.39. The quantitative estimate of drug-likeness (QED) is 0.773. The summed E-state index contributed by atoms with van der Waals surface area (Å²) in [6, 6.07) is 5.67. The highest BCUT2D eigenvalue weighted by Crippen LogP contribution is 2.56. The number of ether oxygens (including phenoxy) is 1. The summed E-state index contributed by atoms with van der Waals surface area (Å²) in [5, 5.41) is 33.2. The highest BCUT2D eigenvalue weighted by Gasteiger charge is 2.52. The average Bonchev–Trinajstić information content (AvgIpc) is 3.29. The van der Waals surface area contributed by atoms with Gasteiger partial charge in [-0.3, -0.25) is 0 Å². The van der Waals surface area contributed by atoms with Crippen molar-refractivity contribution in [2.45, 2.75) is 63.2 Å². The molecule has 1 aromatic heterocycles. The van der Waals surface area contributed by atoms with E-state index in [1.54, 1.807) is 6.07 Å². The van der Waals surface area contributed by atoms with Crippen LogP contribution in [0.25, 0.3) is 11.3 Å². The monoisotopic (exact) mass is 367 g/mol. The van der Waals surface area contributed by atoms with Gasteiger partial charge in [-0.1, -0.05) is 6.07 Å². The number of phenols is 1. The molecule has 6 heteroatoms. The Bertz CT molecular complexity index is 894. The van der Waals surface area contributed by atoms with Crippen LogP contribution in [0.4, 0.5) is 5.82 Å². The largest absolute Gasteiger partial charge is 0.507 e. The highest BCUT2D eigenvalue weighted by atomic mass is 16.5. The Morgan fingerprint density at radius 2 is 2.07 bits per heavy atom. The minimum atomic E-state index is -0.345. The summed E-state index contributed by atoms with van der Waals surface area (Å²) < 4.78 is 6.14. The second-order valence-corrected chi connectivity index (χ2v) is 8.11. The lowest BCUT2D eigenvalue weighted by molar-refractivity contribution is 0.0200. The zero-order valence-electron chi connectivity index (χ0n) is 15.5. The molecule has 2 aliphatic carbocycles. The Balaban J connectivity index is 1.63. The molecule has 2 atom stereocenters. The molecule has 5 rings (SSSR count). The number of aromatic nitrogens is 2. The number of aliphatic hydroxyl groups excluding tert-OH is 1. The third kappa shape index (κ3) is 2.78. The molecule has 3 aliphatic rings. The SMILES string of the molecule is Cc1ccc(-c2nnc(N[C@@H]3CCC[C@H]3O)c3c2CCOC32CC2)c(O)c1. The van der Waals surface area contributed by atoms with Gasteiger partial charge in [0.2, 0.25) is 0 Å². The van der Waals surface area contributed by atoms with Gasteiger partial charge in [0.1, 0.15) is 11.4 Å². The maximum atomic E-state index is 10.5. The molecule has 1 aliphatic heterocycles. The molecular formula is C21H25N3O3. The van der Waals surface area contributed by atoms with Crippen molar-refractivity contribution in [3.05, 3.63) is 34.9 Å². The van der Waals surface area contributed by atoms with Gasteiger partial charge in [-0.15, -0.1) is 10.2 Å². The van der Waals surface area contributed by atoms with Crippen LogP contribution in [0, 0.1) is 6.92 Å². The van der Waals surface area contributed by atoms with Crippen molar-refractivity contribution in [2.24, 2.45) is 0 Å². The first-order valence-electron chi connectivity index (χ1n) is 9.86. The zero-order valence-corrected chi connectivity index (χ0v) is 15.5. The summed E-state index contributed by atoms with van der Waals surface area (Å²) in [7, 11) is 0. The number of aryl methyl sites for hydroxylation is 1. The van der Waals surface area contributed by atoms with Crippen LogP contribution in [0.15, 0.2) is 18.2 Å². The van der Waals surface area contributed by atoms with E-state index in [4.69, 9.17) is 4.74 Å². The van der Waals surface area contributed by atoms with E-state index in [1.165, 1.54) is 0 Å². The first-order valence-corrected chi connectivity index (χ1v) is 9.86. The van der Waals surface area contributed by atoms with Crippen LogP contribution in [0.1, 0.15) is 48.8 Å². The summed E-state index contributed by atoms with van der Waals surface area (Å²) in [6.45, 7) is 2.61. The number of aliphatic hydroxyl groups is 1. The zero-order chi connectivity index (χ0) is 18.6. The number of aromatic hydroxyl groups is 1. The van der Waals surface area contributed by atoms with Crippen LogP contribution in [-0.4, -0.2) is 39.2 Å². The standard InChI is InChI=1S/C21H25N3O3/c1-12-5-6-13(17(26)11-12)19-14-7-10-27-21(8-9-21)18(14)20(24-23-19)22-15-3-2-4-16(15)25/h5-6,11,15-16,25-26H,2-4,7-10H2,1H3,(H,22,24)/t15-,16-/m1/s1. The van der Waals surface area contributed by atoms with Crippen LogP contribution in [0.3, 0.4) is 0 Å². The topological polar surface area (TPSA) is 87.5 Å². The number of rotatable bonds is 3. The van der Waals surface area contributed by atoms with E-state index in [0.717, 1.165) is 72.3 Å². The Morgan fingerprint density at radius 3 is 2.78 bits per heavy atom. The Kier molecular flexibility index (Phi) is 3.88. The average molecular weight is 367 g/mol. The fraction of sp³-hybridized carbons (Fsp3) is 0.524. The molecule has 0 bridgehead atoms.